The zero-order chi connectivity index (χ0) is 13.8. The Labute approximate surface area is 116 Å². The van der Waals surface area contributed by atoms with Crippen molar-refractivity contribution < 1.29 is 4.79 Å². The van der Waals surface area contributed by atoms with E-state index in [2.05, 4.69) is 20.5 Å². The number of amides is 1. The lowest BCUT2D eigenvalue weighted by molar-refractivity contribution is -0.121. The van der Waals surface area contributed by atoms with Gasteiger partial charge in [0.2, 0.25) is 5.91 Å². The van der Waals surface area contributed by atoms with Crippen LogP contribution in [0.5, 0.6) is 0 Å². The maximum absolute atomic E-state index is 11.9. The number of H-pyrrole nitrogens is 1. The third kappa shape index (κ3) is 3.64. The molecule has 0 aliphatic rings. The van der Waals surface area contributed by atoms with E-state index in [0.717, 1.165) is 16.3 Å². The smallest absolute Gasteiger partial charge is 0.220 e. The number of thiazole rings is 1. The van der Waals surface area contributed by atoms with Crippen LogP contribution in [0.1, 0.15) is 40.5 Å². The summed E-state index contributed by atoms with van der Waals surface area (Å²) < 4.78 is 0. The number of aryl methyl sites for hydroxylation is 3. The number of carbonyl (C=O) groups is 1. The maximum Gasteiger partial charge on any atom is 0.220 e. The van der Waals surface area contributed by atoms with Crippen molar-refractivity contribution in [1.29, 1.82) is 0 Å². The highest BCUT2D eigenvalue weighted by Gasteiger charge is 2.15. The molecular weight excluding hydrogens is 260 g/mol. The molecule has 0 spiro atoms. The fourth-order valence-corrected chi connectivity index (χ4v) is 2.92. The lowest BCUT2D eigenvalue weighted by Crippen LogP contribution is -2.27. The van der Waals surface area contributed by atoms with Gasteiger partial charge in [0.1, 0.15) is 0 Å². The standard InChI is InChI=1S/C13H18N4OS/c1-8(13-9(2)19-10(3)17-13)16-12(18)5-4-11-6-14-15-7-11/h6-8H,4-5H2,1-3H3,(H,14,15)(H,16,18). The zero-order valence-electron chi connectivity index (χ0n) is 11.4. The summed E-state index contributed by atoms with van der Waals surface area (Å²) >= 11 is 1.66. The molecule has 19 heavy (non-hydrogen) atoms. The molecule has 0 aromatic carbocycles. The monoisotopic (exact) mass is 278 g/mol. The Bertz CT molecular complexity index is 547. The molecule has 0 saturated carbocycles. The van der Waals surface area contributed by atoms with Gasteiger partial charge in [-0.05, 0) is 32.8 Å². The lowest BCUT2D eigenvalue weighted by Gasteiger charge is -2.12. The van der Waals surface area contributed by atoms with Gasteiger partial charge < -0.3 is 5.32 Å². The Kier molecular flexibility index (Phi) is 4.31. The first-order chi connectivity index (χ1) is 9.06. The number of carbonyl (C=O) groups excluding carboxylic acids is 1. The average Bonchev–Trinajstić information content (AvgIpc) is 2.96. The summed E-state index contributed by atoms with van der Waals surface area (Å²) in [6.45, 7) is 5.99. The van der Waals surface area contributed by atoms with Gasteiger partial charge in [-0.2, -0.15) is 5.10 Å². The zero-order valence-corrected chi connectivity index (χ0v) is 12.2. The molecule has 0 saturated heterocycles. The van der Waals surface area contributed by atoms with Crippen molar-refractivity contribution in [3.63, 3.8) is 0 Å². The number of aromatic nitrogens is 3. The van der Waals surface area contributed by atoms with Crippen LogP contribution in [0.15, 0.2) is 12.4 Å². The number of hydrogen-bond acceptors (Lipinski definition) is 4. The average molecular weight is 278 g/mol. The molecule has 0 aliphatic heterocycles. The minimum Gasteiger partial charge on any atom is -0.348 e. The molecule has 0 fully saturated rings. The first-order valence-corrected chi connectivity index (χ1v) is 7.09. The Hall–Kier alpha value is -1.69. The van der Waals surface area contributed by atoms with Crippen molar-refractivity contribution in [3.8, 4) is 0 Å². The summed E-state index contributed by atoms with van der Waals surface area (Å²) in [6.07, 6.45) is 4.71. The van der Waals surface area contributed by atoms with Crippen molar-refractivity contribution in [1.82, 2.24) is 20.5 Å². The van der Waals surface area contributed by atoms with Gasteiger partial charge in [0.05, 0.1) is 22.9 Å². The van der Waals surface area contributed by atoms with Gasteiger partial charge >= 0.3 is 0 Å². The van der Waals surface area contributed by atoms with E-state index in [4.69, 9.17) is 0 Å². The van der Waals surface area contributed by atoms with E-state index < -0.39 is 0 Å². The molecule has 2 aromatic rings. The van der Waals surface area contributed by atoms with Crippen molar-refractivity contribution in [2.24, 2.45) is 0 Å². The molecule has 5 nitrogen and oxygen atoms in total. The topological polar surface area (TPSA) is 70.7 Å². The Morgan fingerprint density at radius 2 is 2.32 bits per heavy atom. The van der Waals surface area contributed by atoms with Crippen LogP contribution < -0.4 is 5.32 Å². The predicted molar refractivity (Wildman–Crippen MR) is 75.1 cm³/mol. The van der Waals surface area contributed by atoms with Gasteiger partial charge in [-0.25, -0.2) is 4.98 Å². The molecule has 1 unspecified atom stereocenters. The molecule has 2 rings (SSSR count). The van der Waals surface area contributed by atoms with Gasteiger partial charge in [-0.1, -0.05) is 0 Å². The highest BCUT2D eigenvalue weighted by Crippen LogP contribution is 2.22. The van der Waals surface area contributed by atoms with Crippen LogP contribution in [0.4, 0.5) is 0 Å². The number of aromatic amines is 1. The molecule has 0 radical (unpaired) electrons. The first kappa shape index (κ1) is 13.7. The highest BCUT2D eigenvalue weighted by molar-refractivity contribution is 7.11. The minimum atomic E-state index is -0.0400. The fourth-order valence-electron chi connectivity index (χ4n) is 2.00. The molecule has 2 aromatic heterocycles. The van der Waals surface area contributed by atoms with Crippen LogP contribution in [-0.4, -0.2) is 21.1 Å². The van der Waals surface area contributed by atoms with Crippen LogP contribution in [0.25, 0.3) is 0 Å². The van der Waals surface area contributed by atoms with Crippen LogP contribution >= 0.6 is 11.3 Å². The van der Waals surface area contributed by atoms with Gasteiger partial charge in [0, 0.05) is 17.5 Å². The molecule has 0 aliphatic carbocycles. The molecule has 2 N–H and O–H groups in total. The molecular formula is C13H18N4OS. The number of rotatable bonds is 5. The third-order valence-corrected chi connectivity index (χ3v) is 3.82. The Balaban J connectivity index is 1.86. The normalized spacial score (nSPS) is 12.4. The SMILES string of the molecule is Cc1nc(C(C)NC(=O)CCc2cn[nH]c2)c(C)s1. The van der Waals surface area contributed by atoms with Crippen LogP contribution in [0.2, 0.25) is 0 Å². The first-order valence-electron chi connectivity index (χ1n) is 6.27. The summed E-state index contributed by atoms with van der Waals surface area (Å²) in [5, 5.41) is 10.6. The number of hydrogen-bond donors (Lipinski definition) is 2. The van der Waals surface area contributed by atoms with E-state index in [1.807, 2.05) is 27.0 Å². The van der Waals surface area contributed by atoms with E-state index in [0.29, 0.717) is 12.8 Å². The van der Waals surface area contributed by atoms with E-state index in [-0.39, 0.29) is 11.9 Å². The number of nitrogens with one attached hydrogen (secondary N) is 2. The molecule has 1 atom stereocenters. The summed E-state index contributed by atoms with van der Waals surface area (Å²) in [5.74, 6) is 0.0405. The van der Waals surface area contributed by atoms with Crippen molar-refractivity contribution in [2.45, 2.75) is 39.7 Å². The largest absolute Gasteiger partial charge is 0.348 e. The Morgan fingerprint density at radius 3 is 2.89 bits per heavy atom. The maximum atomic E-state index is 11.9. The van der Waals surface area contributed by atoms with Gasteiger partial charge in [0.15, 0.2) is 0 Å². The molecule has 1 amide bonds. The molecule has 0 bridgehead atoms. The second kappa shape index (κ2) is 5.97. The quantitative estimate of drug-likeness (QED) is 0.881. The lowest BCUT2D eigenvalue weighted by atomic mass is 10.1. The van der Waals surface area contributed by atoms with Crippen LogP contribution in [0.3, 0.4) is 0 Å². The van der Waals surface area contributed by atoms with E-state index >= 15 is 0 Å². The molecule has 6 heteroatoms. The molecule has 102 valence electrons. The Morgan fingerprint density at radius 1 is 1.53 bits per heavy atom. The number of nitrogens with zero attached hydrogens (tertiary/aromatic N) is 2. The van der Waals surface area contributed by atoms with Crippen molar-refractivity contribution in [2.75, 3.05) is 0 Å². The van der Waals surface area contributed by atoms with E-state index in [1.54, 1.807) is 17.5 Å². The van der Waals surface area contributed by atoms with E-state index in [9.17, 15) is 4.79 Å². The molecule has 2 heterocycles. The van der Waals surface area contributed by atoms with Gasteiger partial charge in [-0.15, -0.1) is 11.3 Å². The van der Waals surface area contributed by atoms with Crippen LogP contribution in [-0.2, 0) is 11.2 Å². The fraction of sp³-hybridized carbons (Fsp3) is 0.462. The van der Waals surface area contributed by atoms with Crippen molar-refractivity contribution in [3.05, 3.63) is 33.5 Å². The van der Waals surface area contributed by atoms with E-state index in [1.165, 1.54) is 4.88 Å². The summed E-state index contributed by atoms with van der Waals surface area (Å²) in [4.78, 5) is 17.5. The predicted octanol–water partition coefficient (Wildman–Crippen LogP) is 2.29. The minimum absolute atomic E-state index is 0.0400. The van der Waals surface area contributed by atoms with Crippen LogP contribution in [0, 0.1) is 13.8 Å². The van der Waals surface area contributed by atoms with Gasteiger partial charge in [0.25, 0.3) is 0 Å². The summed E-state index contributed by atoms with van der Waals surface area (Å²) in [6, 6.07) is -0.0400. The highest BCUT2D eigenvalue weighted by atomic mass is 32.1. The second-order valence-corrected chi connectivity index (χ2v) is 5.98. The summed E-state index contributed by atoms with van der Waals surface area (Å²) in [7, 11) is 0. The third-order valence-electron chi connectivity index (χ3n) is 2.92. The second-order valence-electron chi connectivity index (χ2n) is 4.57. The summed E-state index contributed by atoms with van der Waals surface area (Å²) in [5.41, 5.74) is 2.02. The van der Waals surface area contributed by atoms with Gasteiger partial charge in [-0.3, -0.25) is 9.89 Å². The van der Waals surface area contributed by atoms with Crippen molar-refractivity contribution >= 4 is 17.2 Å².